The van der Waals surface area contributed by atoms with Gasteiger partial charge in [-0.3, -0.25) is 0 Å². The molecule has 76 valence electrons. The number of aromatic hydroxyl groups is 1. The van der Waals surface area contributed by atoms with E-state index >= 15 is 0 Å². The van der Waals surface area contributed by atoms with Crippen LogP contribution in [0.2, 0.25) is 0 Å². The second-order valence-corrected chi connectivity index (χ2v) is 4.15. The van der Waals surface area contributed by atoms with Gasteiger partial charge in [-0.15, -0.1) is 0 Å². The SMILES string of the molecule is Cc1cc(O)cc([C@H]2CCCNC2)c1. The number of piperidine rings is 1. The molecule has 1 aromatic rings. The van der Waals surface area contributed by atoms with E-state index in [9.17, 15) is 5.11 Å². The van der Waals surface area contributed by atoms with Crippen molar-refractivity contribution in [1.82, 2.24) is 5.32 Å². The highest BCUT2D eigenvalue weighted by atomic mass is 16.3. The van der Waals surface area contributed by atoms with E-state index in [0.29, 0.717) is 11.7 Å². The Kier molecular flexibility index (Phi) is 2.73. The molecular weight excluding hydrogens is 174 g/mol. The van der Waals surface area contributed by atoms with Crippen molar-refractivity contribution in [1.29, 1.82) is 0 Å². The van der Waals surface area contributed by atoms with Crippen LogP contribution in [0.1, 0.15) is 29.9 Å². The minimum absolute atomic E-state index is 0.394. The lowest BCUT2D eigenvalue weighted by atomic mass is 9.91. The Bertz CT molecular complexity index is 296. The number of aryl methyl sites for hydroxylation is 1. The van der Waals surface area contributed by atoms with Gasteiger partial charge in [-0.05, 0) is 55.5 Å². The van der Waals surface area contributed by atoms with Gasteiger partial charge in [-0.1, -0.05) is 6.07 Å². The van der Waals surface area contributed by atoms with Crippen LogP contribution in [0, 0.1) is 6.92 Å². The van der Waals surface area contributed by atoms with Gasteiger partial charge in [0.1, 0.15) is 5.75 Å². The summed E-state index contributed by atoms with van der Waals surface area (Å²) in [6.07, 6.45) is 2.47. The summed E-state index contributed by atoms with van der Waals surface area (Å²) in [6, 6.07) is 5.88. The Morgan fingerprint density at radius 2 is 2.21 bits per heavy atom. The Morgan fingerprint density at radius 1 is 1.36 bits per heavy atom. The normalized spacial score (nSPS) is 22.2. The number of nitrogens with one attached hydrogen (secondary N) is 1. The summed E-state index contributed by atoms with van der Waals surface area (Å²) in [5, 5.41) is 12.9. The van der Waals surface area contributed by atoms with Gasteiger partial charge in [-0.25, -0.2) is 0 Å². The fraction of sp³-hybridized carbons (Fsp3) is 0.500. The van der Waals surface area contributed by atoms with Gasteiger partial charge < -0.3 is 10.4 Å². The van der Waals surface area contributed by atoms with E-state index in [4.69, 9.17) is 0 Å². The Balaban J connectivity index is 2.21. The molecule has 2 N–H and O–H groups in total. The van der Waals surface area contributed by atoms with Gasteiger partial charge in [0, 0.05) is 6.54 Å². The highest BCUT2D eigenvalue weighted by Crippen LogP contribution is 2.26. The molecule has 0 saturated carbocycles. The van der Waals surface area contributed by atoms with Gasteiger partial charge >= 0.3 is 0 Å². The van der Waals surface area contributed by atoms with E-state index in [1.165, 1.54) is 18.4 Å². The zero-order valence-electron chi connectivity index (χ0n) is 8.59. The standard InChI is InChI=1S/C12H17NO/c1-9-5-11(7-12(14)6-9)10-3-2-4-13-8-10/h5-7,10,13-14H,2-4,8H2,1H3/t10-/m0/s1. The molecule has 0 bridgehead atoms. The van der Waals surface area contributed by atoms with Crippen LogP contribution < -0.4 is 5.32 Å². The maximum Gasteiger partial charge on any atom is 0.116 e. The van der Waals surface area contributed by atoms with Gasteiger partial charge in [0.15, 0.2) is 0 Å². The maximum atomic E-state index is 9.50. The van der Waals surface area contributed by atoms with Gasteiger partial charge in [0.05, 0.1) is 0 Å². The van der Waals surface area contributed by atoms with Gasteiger partial charge in [0.2, 0.25) is 0 Å². The van der Waals surface area contributed by atoms with Crippen molar-refractivity contribution in [2.75, 3.05) is 13.1 Å². The van der Waals surface area contributed by atoms with Crippen molar-refractivity contribution in [2.24, 2.45) is 0 Å². The lowest BCUT2D eigenvalue weighted by Crippen LogP contribution is -2.28. The third-order valence-corrected chi connectivity index (χ3v) is 2.85. The van der Waals surface area contributed by atoms with Crippen LogP contribution in [-0.2, 0) is 0 Å². The van der Waals surface area contributed by atoms with Crippen LogP contribution >= 0.6 is 0 Å². The molecule has 1 aliphatic heterocycles. The molecule has 0 aliphatic carbocycles. The molecule has 2 nitrogen and oxygen atoms in total. The van der Waals surface area contributed by atoms with Gasteiger partial charge in [0.25, 0.3) is 0 Å². The molecule has 1 aromatic carbocycles. The fourth-order valence-corrected chi connectivity index (χ4v) is 2.16. The first kappa shape index (κ1) is 9.53. The predicted octanol–water partition coefficient (Wildman–Crippen LogP) is 2.17. The molecule has 1 heterocycles. The average molecular weight is 191 g/mol. The van der Waals surface area contributed by atoms with Crippen molar-refractivity contribution in [3.05, 3.63) is 29.3 Å². The van der Waals surface area contributed by atoms with E-state index in [-0.39, 0.29) is 0 Å². The molecule has 1 aliphatic rings. The highest BCUT2D eigenvalue weighted by molar-refractivity contribution is 5.35. The van der Waals surface area contributed by atoms with Crippen LogP contribution in [0.5, 0.6) is 5.75 Å². The summed E-state index contributed by atoms with van der Waals surface area (Å²) in [5.74, 6) is 0.972. The lowest BCUT2D eigenvalue weighted by molar-refractivity contribution is 0.452. The molecule has 0 radical (unpaired) electrons. The molecule has 1 fully saturated rings. The van der Waals surface area contributed by atoms with Crippen LogP contribution in [0.3, 0.4) is 0 Å². The van der Waals surface area contributed by atoms with E-state index < -0.39 is 0 Å². The number of benzene rings is 1. The molecule has 0 amide bonds. The van der Waals surface area contributed by atoms with Crippen molar-refractivity contribution >= 4 is 0 Å². The summed E-state index contributed by atoms with van der Waals surface area (Å²) >= 11 is 0. The zero-order chi connectivity index (χ0) is 9.97. The van der Waals surface area contributed by atoms with E-state index in [0.717, 1.165) is 18.7 Å². The first-order valence-corrected chi connectivity index (χ1v) is 5.27. The summed E-state index contributed by atoms with van der Waals surface area (Å²) in [7, 11) is 0. The average Bonchev–Trinajstić information content (AvgIpc) is 2.18. The molecule has 1 atom stereocenters. The third-order valence-electron chi connectivity index (χ3n) is 2.85. The largest absolute Gasteiger partial charge is 0.508 e. The molecule has 0 aromatic heterocycles. The molecule has 0 unspecified atom stereocenters. The van der Waals surface area contributed by atoms with Crippen LogP contribution in [0.15, 0.2) is 18.2 Å². The molecular formula is C12H17NO. The molecule has 1 saturated heterocycles. The quantitative estimate of drug-likeness (QED) is 0.713. The van der Waals surface area contributed by atoms with E-state index in [1.54, 1.807) is 6.07 Å². The molecule has 2 rings (SSSR count). The lowest BCUT2D eigenvalue weighted by Gasteiger charge is -2.23. The Morgan fingerprint density at radius 3 is 2.86 bits per heavy atom. The minimum Gasteiger partial charge on any atom is -0.508 e. The maximum absolute atomic E-state index is 9.50. The van der Waals surface area contributed by atoms with Gasteiger partial charge in [-0.2, -0.15) is 0 Å². The first-order valence-electron chi connectivity index (χ1n) is 5.27. The second kappa shape index (κ2) is 4.01. The Hall–Kier alpha value is -1.02. The zero-order valence-corrected chi connectivity index (χ0v) is 8.59. The number of hydrogen-bond acceptors (Lipinski definition) is 2. The number of rotatable bonds is 1. The minimum atomic E-state index is 0.394. The van der Waals surface area contributed by atoms with E-state index in [1.807, 2.05) is 13.0 Å². The highest BCUT2D eigenvalue weighted by Gasteiger charge is 2.15. The third kappa shape index (κ3) is 2.07. The smallest absolute Gasteiger partial charge is 0.116 e. The van der Waals surface area contributed by atoms with Crippen molar-refractivity contribution in [2.45, 2.75) is 25.7 Å². The predicted molar refractivity (Wildman–Crippen MR) is 57.7 cm³/mol. The summed E-state index contributed by atoms with van der Waals surface area (Å²) in [5.41, 5.74) is 2.42. The number of phenolic OH excluding ortho intramolecular Hbond substituents is 1. The first-order chi connectivity index (χ1) is 6.75. The van der Waals surface area contributed by atoms with Crippen molar-refractivity contribution < 1.29 is 5.11 Å². The second-order valence-electron chi connectivity index (χ2n) is 4.15. The fourth-order valence-electron chi connectivity index (χ4n) is 2.16. The Labute approximate surface area is 85.0 Å². The topological polar surface area (TPSA) is 32.3 Å². The molecule has 14 heavy (non-hydrogen) atoms. The van der Waals surface area contributed by atoms with Crippen LogP contribution in [-0.4, -0.2) is 18.2 Å². The van der Waals surface area contributed by atoms with Crippen LogP contribution in [0.25, 0.3) is 0 Å². The molecule has 0 spiro atoms. The van der Waals surface area contributed by atoms with Crippen molar-refractivity contribution in [3.63, 3.8) is 0 Å². The summed E-state index contributed by atoms with van der Waals surface area (Å²) < 4.78 is 0. The summed E-state index contributed by atoms with van der Waals surface area (Å²) in [6.45, 7) is 4.21. The summed E-state index contributed by atoms with van der Waals surface area (Å²) in [4.78, 5) is 0. The molecule has 2 heteroatoms. The monoisotopic (exact) mass is 191 g/mol. The number of phenols is 1. The van der Waals surface area contributed by atoms with Crippen LogP contribution in [0.4, 0.5) is 0 Å². The van der Waals surface area contributed by atoms with E-state index in [2.05, 4.69) is 11.4 Å². The van der Waals surface area contributed by atoms with Crippen molar-refractivity contribution in [3.8, 4) is 5.75 Å². The number of hydrogen-bond donors (Lipinski definition) is 2.